The van der Waals surface area contributed by atoms with Gasteiger partial charge in [-0.15, -0.1) is 0 Å². The monoisotopic (exact) mass is 215 g/mol. The zero-order chi connectivity index (χ0) is 11.6. The molecule has 0 bridgehead atoms. The fourth-order valence-electron chi connectivity index (χ4n) is 1.74. The highest BCUT2D eigenvalue weighted by atomic mass is 14.0. The van der Waals surface area contributed by atoms with E-state index in [9.17, 15) is 0 Å². The van der Waals surface area contributed by atoms with Gasteiger partial charge < -0.3 is 0 Å². The number of hydrogen-bond acceptors (Lipinski definition) is 0. The van der Waals surface area contributed by atoms with E-state index in [4.69, 9.17) is 0 Å². The molecule has 0 atom stereocenters. The van der Waals surface area contributed by atoms with Crippen LogP contribution in [0.2, 0.25) is 0 Å². The van der Waals surface area contributed by atoms with Crippen molar-refractivity contribution in [3.63, 3.8) is 0 Å². The lowest BCUT2D eigenvalue weighted by molar-refractivity contribution is 0.728. The van der Waals surface area contributed by atoms with E-state index in [-0.39, 0.29) is 0 Å². The molecule has 87 valence electrons. The number of hydrogen-bond donors (Lipinski definition) is 0. The first kappa shape index (κ1) is 13.0. The Balaban J connectivity index is 2.36. The maximum Gasteiger partial charge on any atom is -0.0149 e. The molecule has 1 rings (SSSR count). The average molecular weight is 215 g/mol. The van der Waals surface area contributed by atoms with Crippen LogP contribution in [0.1, 0.15) is 57.1 Å². The predicted octanol–water partition coefficient (Wildman–Crippen LogP) is 4.93. The first-order chi connectivity index (χ1) is 7.86. The molecule has 0 saturated carbocycles. The molecule has 0 nitrogen and oxygen atoms in total. The summed E-state index contributed by atoms with van der Waals surface area (Å²) >= 11 is 0. The molecule has 0 aliphatic carbocycles. The predicted molar refractivity (Wildman–Crippen MR) is 71.5 cm³/mol. The van der Waals surface area contributed by atoms with Crippen LogP contribution < -0.4 is 0 Å². The summed E-state index contributed by atoms with van der Waals surface area (Å²) in [6.07, 6.45) is 13.0. The van der Waals surface area contributed by atoms with Crippen molar-refractivity contribution in [1.82, 2.24) is 0 Å². The minimum atomic E-state index is 1.16. The minimum absolute atomic E-state index is 1.16. The van der Waals surface area contributed by atoms with Crippen molar-refractivity contribution in [2.45, 2.75) is 52.4 Å². The van der Waals surface area contributed by atoms with Crippen molar-refractivity contribution in [3.8, 4) is 0 Å². The van der Waals surface area contributed by atoms with Gasteiger partial charge in [-0.1, -0.05) is 63.5 Å². The van der Waals surface area contributed by atoms with E-state index in [2.05, 4.69) is 50.3 Å². The van der Waals surface area contributed by atoms with Gasteiger partial charge in [-0.2, -0.15) is 0 Å². The average Bonchev–Trinajstić information content (AvgIpc) is 2.31. The maximum atomic E-state index is 3.35. The standard InChI is InChI=1S/C16H23/c1-3-5-6-7-8-10-16-13-11-15(9-4-2)12-14-16/h8,11-14H,3-7,9H2,1-2H3. The summed E-state index contributed by atoms with van der Waals surface area (Å²) in [4.78, 5) is 0. The van der Waals surface area contributed by atoms with Gasteiger partial charge in [-0.3, -0.25) is 0 Å². The summed E-state index contributed by atoms with van der Waals surface area (Å²) in [7, 11) is 0. The van der Waals surface area contributed by atoms with E-state index in [0.717, 1.165) is 6.42 Å². The van der Waals surface area contributed by atoms with Crippen molar-refractivity contribution in [2.75, 3.05) is 0 Å². The molecule has 16 heavy (non-hydrogen) atoms. The molecule has 0 heteroatoms. The van der Waals surface area contributed by atoms with E-state index in [1.54, 1.807) is 0 Å². The van der Waals surface area contributed by atoms with E-state index >= 15 is 0 Å². The molecule has 1 aromatic carbocycles. The second kappa shape index (κ2) is 8.15. The van der Waals surface area contributed by atoms with Crippen molar-refractivity contribution in [1.29, 1.82) is 0 Å². The van der Waals surface area contributed by atoms with Gasteiger partial charge in [0.25, 0.3) is 0 Å². The zero-order valence-corrected chi connectivity index (χ0v) is 10.6. The van der Waals surface area contributed by atoms with Crippen LogP contribution in [0, 0.1) is 6.08 Å². The Labute approximate surface area is 100 Å². The largest absolute Gasteiger partial charge is 0.0760 e. The van der Waals surface area contributed by atoms with Crippen LogP contribution in [-0.2, 0) is 6.42 Å². The summed E-state index contributed by atoms with van der Waals surface area (Å²) in [6.45, 7) is 4.45. The Kier molecular flexibility index (Phi) is 6.64. The third-order valence-electron chi connectivity index (χ3n) is 2.71. The lowest BCUT2D eigenvalue weighted by Gasteiger charge is -1.98. The third-order valence-corrected chi connectivity index (χ3v) is 2.71. The molecule has 1 radical (unpaired) electrons. The lowest BCUT2D eigenvalue weighted by atomic mass is 10.1. The topological polar surface area (TPSA) is 0 Å². The number of rotatable bonds is 7. The molecule has 0 aliphatic heterocycles. The maximum absolute atomic E-state index is 3.35. The van der Waals surface area contributed by atoms with Crippen molar-refractivity contribution >= 4 is 0 Å². The van der Waals surface area contributed by atoms with Gasteiger partial charge >= 0.3 is 0 Å². The molecule has 0 N–H and O–H groups in total. The molecular formula is C16H23. The fraction of sp³-hybridized carbons (Fsp3) is 0.500. The smallest absolute Gasteiger partial charge is 0.0149 e. The molecule has 0 fully saturated rings. The van der Waals surface area contributed by atoms with Gasteiger partial charge in [0, 0.05) is 0 Å². The van der Waals surface area contributed by atoms with Gasteiger partial charge in [-0.05, 0) is 36.5 Å². The number of aryl methyl sites for hydroxylation is 1. The first-order valence-electron chi connectivity index (χ1n) is 6.54. The highest BCUT2D eigenvalue weighted by Crippen LogP contribution is 2.08. The minimum Gasteiger partial charge on any atom is -0.0760 e. The molecule has 1 aromatic rings. The Hall–Kier alpha value is -1.04. The Morgan fingerprint density at radius 2 is 1.75 bits per heavy atom. The van der Waals surface area contributed by atoms with Crippen LogP contribution in [0.25, 0.3) is 0 Å². The fourth-order valence-corrected chi connectivity index (χ4v) is 1.74. The summed E-state index contributed by atoms with van der Waals surface area (Å²) in [6, 6.07) is 8.76. The number of benzene rings is 1. The molecule has 0 spiro atoms. The number of unbranched alkanes of at least 4 members (excludes halogenated alkanes) is 3. The van der Waals surface area contributed by atoms with Gasteiger partial charge in [0.1, 0.15) is 0 Å². The molecule has 0 saturated heterocycles. The summed E-state index contributed by atoms with van der Waals surface area (Å²) in [5, 5.41) is 0. The van der Waals surface area contributed by atoms with E-state index < -0.39 is 0 Å². The van der Waals surface area contributed by atoms with Crippen molar-refractivity contribution < 1.29 is 0 Å². The quantitative estimate of drug-likeness (QED) is 0.566. The van der Waals surface area contributed by atoms with Crippen LogP contribution in [-0.4, -0.2) is 0 Å². The third kappa shape index (κ3) is 5.16. The van der Waals surface area contributed by atoms with Crippen LogP contribution in [0.3, 0.4) is 0 Å². The normalized spacial score (nSPS) is 11.1. The highest BCUT2D eigenvalue weighted by molar-refractivity contribution is 5.27. The highest BCUT2D eigenvalue weighted by Gasteiger charge is 1.91. The summed E-state index contributed by atoms with van der Waals surface area (Å²) in [5.74, 6) is 0. The van der Waals surface area contributed by atoms with Crippen LogP contribution in [0.4, 0.5) is 0 Å². The lowest BCUT2D eigenvalue weighted by Crippen LogP contribution is -1.83. The molecular weight excluding hydrogens is 192 g/mol. The number of allylic oxidation sites excluding steroid dienone is 1. The van der Waals surface area contributed by atoms with E-state index in [1.165, 1.54) is 43.2 Å². The first-order valence-corrected chi connectivity index (χ1v) is 6.54. The molecule has 0 heterocycles. The molecule has 0 aliphatic rings. The summed E-state index contributed by atoms with van der Waals surface area (Å²) in [5.41, 5.74) is 2.63. The second-order valence-corrected chi connectivity index (χ2v) is 4.29. The van der Waals surface area contributed by atoms with Crippen LogP contribution in [0.5, 0.6) is 0 Å². The van der Waals surface area contributed by atoms with Gasteiger partial charge in [0.05, 0.1) is 0 Å². The summed E-state index contributed by atoms with van der Waals surface area (Å²) < 4.78 is 0. The Morgan fingerprint density at radius 3 is 2.38 bits per heavy atom. The SMILES string of the molecule is CCCCC/C=[C]\c1ccc(CCC)cc1. The van der Waals surface area contributed by atoms with Crippen LogP contribution in [0.15, 0.2) is 30.3 Å². The van der Waals surface area contributed by atoms with Crippen LogP contribution >= 0.6 is 0 Å². The Bertz CT molecular complexity index is 292. The van der Waals surface area contributed by atoms with Crippen molar-refractivity contribution in [3.05, 3.63) is 47.5 Å². The van der Waals surface area contributed by atoms with E-state index in [1.807, 2.05) is 0 Å². The van der Waals surface area contributed by atoms with Gasteiger partial charge in [0.2, 0.25) is 0 Å². The zero-order valence-electron chi connectivity index (χ0n) is 10.6. The molecule has 0 amide bonds. The van der Waals surface area contributed by atoms with Gasteiger partial charge in [-0.25, -0.2) is 0 Å². The molecule has 0 aromatic heterocycles. The Morgan fingerprint density at radius 1 is 1.00 bits per heavy atom. The van der Waals surface area contributed by atoms with Crippen molar-refractivity contribution in [2.24, 2.45) is 0 Å². The van der Waals surface area contributed by atoms with E-state index in [0.29, 0.717) is 0 Å². The van der Waals surface area contributed by atoms with Gasteiger partial charge in [0.15, 0.2) is 0 Å². The second-order valence-electron chi connectivity index (χ2n) is 4.29. The molecule has 0 unspecified atom stereocenters.